The molecule has 0 aliphatic rings. The van der Waals surface area contributed by atoms with Crippen molar-refractivity contribution in [2.24, 2.45) is 0 Å². The molecule has 7 heteroatoms. The molecule has 0 aliphatic heterocycles. The van der Waals surface area contributed by atoms with Gasteiger partial charge in [0.25, 0.3) is 0 Å². The van der Waals surface area contributed by atoms with Gasteiger partial charge in [-0.15, -0.1) is 11.3 Å². The Labute approximate surface area is 365 Å². The molecule has 8 aromatic carbocycles. The minimum Gasteiger partial charge on any atom is -0.309 e. The van der Waals surface area contributed by atoms with Gasteiger partial charge in [-0.2, -0.15) is 0 Å². The van der Waals surface area contributed by atoms with Gasteiger partial charge in [0.1, 0.15) is 0 Å². The minimum absolute atomic E-state index is 0.717. The number of rotatable bonds is 6. The molecule has 13 aromatic rings. The van der Waals surface area contributed by atoms with Crippen LogP contribution in [0.15, 0.2) is 207 Å². The van der Waals surface area contributed by atoms with E-state index in [1.807, 2.05) is 48.3 Å². The van der Waals surface area contributed by atoms with Crippen LogP contribution in [0.4, 0.5) is 0 Å². The summed E-state index contributed by atoms with van der Waals surface area (Å²) in [6.45, 7) is 0. The van der Waals surface area contributed by atoms with Gasteiger partial charge in [-0.1, -0.05) is 84.9 Å². The van der Waals surface area contributed by atoms with E-state index >= 15 is 0 Å². The first-order chi connectivity index (χ1) is 31.2. The van der Waals surface area contributed by atoms with E-state index in [0.717, 1.165) is 77.2 Å². The maximum atomic E-state index is 4.69. The molecular weight excluding hydrogens is 789 g/mol. The maximum Gasteiger partial charge on any atom is 0.159 e. The van der Waals surface area contributed by atoms with E-state index in [9.17, 15) is 0 Å². The van der Waals surface area contributed by atoms with Crippen LogP contribution in [-0.4, -0.2) is 29.1 Å². The van der Waals surface area contributed by atoms with Crippen LogP contribution in [0.1, 0.15) is 0 Å². The van der Waals surface area contributed by atoms with Gasteiger partial charge in [-0.3, -0.25) is 0 Å². The van der Waals surface area contributed by atoms with Crippen LogP contribution in [0.3, 0.4) is 0 Å². The van der Waals surface area contributed by atoms with Crippen molar-refractivity contribution in [2.75, 3.05) is 0 Å². The van der Waals surface area contributed by atoms with Gasteiger partial charge in [-0.05, 0) is 119 Å². The fraction of sp³-hybridized carbons (Fsp3) is 0. The Hall–Kier alpha value is -8.26. The zero-order valence-corrected chi connectivity index (χ0v) is 34.5. The molecule has 0 bridgehead atoms. The molecule has 0 fully saturated rings. The average Bonchev–Trinajstić information content (AvgIpc) is 4.01. The van der Waals surface area contributed by atoms with Crippen molar-refractivity contribution in [3.8, 4) is 56.4 Å². The Kier molecular flexibility index (Phi) is 7.98. The fourth-order valence-electron chi connectivity index (χ4n) is 9.60. The predicted octanol–water partition coefficient (Wildman–Crippen LogP) is 14.5. The molecule has 0 unspecified atom stereocenters. The number of thiophene rings is 1. The number of hydrogen-bond acceptors (Lipinski definition) is 5. The van der Waals surface area contributed by atoms with Crippen molar-refractivity contribution in [1.82, 2.24) is 29.1 Å². The normalized spacial score (nSPS) is 11.8. The van der Waals surface area contributed by atoms with Gasteiger partial charge >= 0.3 is 0 Å². The smallest absolute Gasteiger partial charge is 0.159 e. The summed E-state index contributed by atoms with van der Waals surface area (Å²) in [6, 6.07) is 65.4. The Morgan fingerprint density at radius 2 is 0.714 bits per heavy atom. The quantitative estimate of drug-likeness (QED) is 0.168. The summed E-state index contributed by atoms with van der Waals surface area (Å²) in [5.74, 6) is 1.43. The molecule has 0 saturated heterocycles. The Morgan fingerprint density at radius 3 is 1.14 bits per heavy atom. The van der Waals surface area contributed by atoms with Gasteiger partial charge in [0.15, 0.2) is 11.6 Å². The fourth-order valence-corrected chi connectivity index (χ4v) is 10.7. The van der Waals surface area contributed by atoms with Crippen LogP contribution >= 0.6 is 11.3 Å². The summed E-state index contributed by atoms with van der Waals surface area (Å²) in [5.41, 5.74) is 13.5. The first-order valence-corrected chi connectivity index (χ1v) is 21.8. The molecule has 0 atom stereocenters. The second-order valence-electron chi connectivity index (χ2n) is 15.9. The standard InChI is InChI=1S/C56H34N6S/c1-3-11-39(12-4-1)61-47-23-19-35(33-45(47)53-41(15-7-17-49(53)61)55-57-27-9-28-58-55)37-21-25-51-43(31-37)44-32-38(22-26-52(44)63-51)36-20-24-48-46(34-36)54-42(56-59-29-10-30-60-56)16-8-18-50(54)62(48)40-13-5-2-6-14-40/h1-34H. The largest absolute Gasteiger partial charge is 0.309 e. The first kappa shape index (κ1) is 35.5. The van der Waals surface area contributed by atoms with Crippen molar-refractivity contribution in [2.45, 2.75) is 0 Å². The highest BCUT2D eigenvalue weighted by Gasteiger charge is 2.20. The summed E-state index contributed by atoms with van der Waals surface area (Å²) < 4.78 is 7.24. The lowest BCUT2D eigenvalue weighted by Crippen LogP contribution is -1.93. The molecule has 63 heavy (non-hydrogen) atoms. The van der Waals surface area contributed by atoms with Crippen molar-refractivity contribution >= 4 is 75.1 Å². The van der Waals surface area contributed by atoms with Gasteiger partial charge < -0.3 is 9.13 Å². The van der Waals surface area contributed by atoms with E-state index in [-0.39, 0.29) is 0 Å². The van der Waals surface area contributed by atoms with E-state index in [0.29, 0.717) is 11.6 Å². The summed E-state index contributed by atoms with van der Waals surface area (Å²) in [6.07, 6.45) is 7.26. The summed E-state index contributed by atoms with van der Waals surface area (Å²) in [4.78, 5) is 18.7. The second kappa shape index (κ2) is 14.2. The third-order valence-corrected chi connectivity index (χ3v) is 13.5. The van der Waals surface area contributed by atoms with E-state index in [1.165, 1.54) is 31.3 Å². The molecule has 0 saturated carbocycles. The summed E-state index contributed by atoms with van der Waals surface area (Å²) in [5, 5.41) is 7.12. The van der Waals surface area contributed by atoms with Gasteiger partial charge in [0.2, 0.25) is 0 Å². The first-order valence-electron chi connectivity index (χ1n) is 21.0. The number of aromatic nitrogens is 6. The van der Waals surface area contributed by atoms with Gasteiger partial charge in [0, 0.05) is 89.0 Å². The molecule has 0 amide bonds. The van der Waals surface area contributed by atoms with Crippen LogP contribution in [0.2, 0.25) is 0 Å². The highest BCUT2D eigenvalue weighted by atomic mass is 32.1. The van der Waals surface area contributed by atoms with E-state index in [1.54, 1.807) is 0 Å². The second-order valence-corrected chi connectivity index (χ2v) is 17.0. The van der Waals surface area contributed by atoms with Crippen molar-refractivity contribution in [3.63, 3.8) is 0 Å². The molecule has 0 spiro atoms. The number of nitrogens with zero attached hydrogens (tertiary/aromatic N) is 6. The van der Waals surface area contributed by atoms with E-state index < -0.39 is 0 Å². The molecule has 294 valence electrons. The molecule has 0 N–H and O–H groups in total. The van der Waals surface area contributed by atoms with Crippen LogP contribution < -0.4 is 0 Å². The van der Waals surface area contributed by atoms with Crippen LogP contribution in [-0.2, 0) is 0 Å². The third-order valence-electron chi connectivity index (χ3n) is 12.4. The van der Waals surface area contributed by atoms with Crippen molar-refractivity contribution < 1.29 is 0 Å². The van der Waals surface area contributed by atoms with Crippen LogP contribution in [0, 0.1) is 0 Å². The topological polar surface area (TPSA) is 61.4 Å². The maximum absolute atomic E-state index is 4.69. The molecule has 5 heterocycles. The average molecular weight is 823 g/mol. The Morgan fingerprint density at radius 1 is 0.317 bits per heavy atom. The lowest BCUT2D eigenvalue weighted by molar-refractivity contribution is 1.17. The number of para-hydroxylation sites is 2. The lowest BCUT2D eigenvalue weighted by atomic mass is 9.97. The third kappa shape index (κ3) is 5.64. The van der Waals surface area contributed by atoms with Crippen LogP contribution in [0.25, 0.3) is 120 Å². The minimum atomic E-state index is 0.717. The van der Waals surface area contributed by atoms with Gasteiger partial charge in [0.05, 0.1) is 22.1 Å². The highest BCUT2D eigenvalue weighted by molar-refractivity contribution is 7.25. The predicted molar refractivity (Wildman–Crippen MR) is 261 cm³/mol. The number of hydrogen-bond donors (Lipinski definition) is 0. The molecule has 5 aromatic heterocycles. The highest BCUT2D eigenvalue weighted by Crippen LogP contribution is 2.44. The Bertz CT molecular complexity index is 3640. The molecule has 0 aliphatic carbocycles. The molecule has 13 rings (SSSR count). The Balaban J connectivity index is 0.973. The molecule has 6 nitrogen and oxygen atoms in total. The SMILES string of the molecule is c1ccc(-n2c3ccc(-c4ccc5sc6ccc(-c7ccc8c(c7)c7c(-c9ncccn9)cccc7n8-c7ccccc7)cc6c5c4)cc3c3c(-c4ncccn4)cccc32)cc1. The van der Waals surface area contributed by atoms with E-state index in [2.05, 4.69) is 199 Å². The summed E-state index contributed by atoms with van der Waals surface area (Å²) >= 11 is 1.84. The van der Waals surface area contributed by atoms with Gasteiger partial charge in [-0.25, -0.2) is 19.9 Å². The van der Waals surface area contributed by atoms with Crippen molar-refractivity contribution in [1.29, 1.82) is 0 Å². The zero-order chi connectivity index (χ0) is 41.4. The van der Waals surface area contributed by atoms with Crippen molar-refractivity contribution in [3.05, 3.63) is 207 Å². The number of fused-ring (bicyclic) bond motifs is 9. The molecule has 0 radical (unpaired) electrons. The lowest BCUT2D eigenvalue weighted by Gasteiger charge is -2.09. The van der Waals surface area contributed by atoms with Crippen LogP contribution in [0.5, 0.6) is 0 Å². The molecular formula is C56H34N6S. The number of benzene rings is 8. The van der Waals surface area contributed by atoms with E-state index in [4.69, 9.17) is 0 Å². The monoisotopic (exact) mass is 822 g/mol. The summed E-state index contributed by atoms with van der Waals surface area (Å²) in [7, 11) is 0. The zero-order valence-electron chi connectivity index (χ0n) is 33.7.